The average Bonchev–Trinajstić information content (AvgIpc) is 4.00. The van der Waals surface area contributed by atoms with E-state index >= 15 is 4.79 Å². The van der Waals surface area contributed by atoms with Gasteiger partial charge in [0.05, 0.1) is 22.7 Å². The van der Waals surface area contributed by atoms with Gasteiger partial charge in [-0.15, -0.1) is 0 Å². The summed E-state index contributed by atoms with van der Waals surface area (Å²) in [6.45, 7) is 0. The monoisotopic (exact) mass is 672 g/mol. The van der Waals surface area contributed by atoms with Gasteiger partial charge in [-0.1, -0.05) is 121 Å². The van der Waals surface area contributed by atoms with Crippen LogP contribution in [-0.4, -0.2) is 25.9 Å². The molecule has 0 saturated heterocycles. The van der Waals surface area contributed by atoms with E-state index in [1.807, 2.05) is 182 Å². The number of nitrogens with one attached hydrogen (secondary N) is 2. The first-order chi connectivity index (χ1) is 25.6. The highest BCUT2D eigenvalue weighted by molar-refractivity contribution is 6.03. The van der Waals surface area contributed by atoms with E-state index in [1.165, 1.54) is 0 Å². The number of aromatic nitrogens is 4. The van der Waals surface area contributed by atoms with Crippen LogP contribution in [0.3, 0.4) is 0 Å². The van der Waals surface area contributed by atoms with E-state index in [-0.39, 0.29) is 0 Å². The summed E-state index contributed by atoms with van der Waals surface area (Å²) in [5.74, 6) is -0.0788. The zero-order valence-electron chi connectivity index (χ0n) is 28.0. The molecule has 0 aliphatic carbocycles. The highest BCUT2D eigenvalue weighted by Gasteiger charge is 2.46. The molecule has 2 aliphatic heterocycles. The molecule has 0 amide bonds. The quantitative estimate of drug-likeness (QED) is 0.136. The molecule has 0 atom stereocenters. The van der Waals surface area contributed by atoms with Crippen LogP contribution in [0.2, 0.25) is 0 Å². The molecule has 0 radical (unpaired) electrons. The topological polar surface area (TPSA) is 83.7 Å². The zero-order valence-corrected chi connectivity index (χ0v) is 28.0. The summed E-state index contributed by atoms with van der Waals surface area (Å²) >= 11 is 0. The van der Waals surface area contributed by atoms with Crippen molar-refractivity contribution in [3.05, 3.63) is 215 Å². The third-order valence-corrected chi connectivity index (χ3v) is 9.48. The van der Waals surface area contributed by atoms with Crippen molar-refractivity contribution in [1.29, 1.82) is 0 Å². The Morgan fingerprint density at radius 1 is 0.481 bits per heavy atom. The summed E-state index contributed by atoms with van der Waals surface area (Å²) in [6, 6.07) is 55.5. The summed E-state index contributed by atoms with van der Waals surface area (Å²) in [4.78, 5) is 32.5. The molecular weight excluding hydrogens is 641 g/mol. The molecule has 4 aromatic carbocycles. The van der Waals surface area contributed by atoms with Crippen LogP contribution >= 0.6 is 0 Å². The summed E-state index contributed by atoms with van der Waals surface area (Å²) in [5, 5.41) is 0. The Morgan fingerprint density at radius 3 is 1.48 bits per heavy atom. The van der Waals surface area contributed by atoms with E-state index < -0.39 is 11.4 Å². The second-order valence-electron chi connectivity index (χ2n) is 12.8. The van der Waals surface area contributed by atoms with E-state index in [1.54, 1.807) is 0 Å². The molecule has 9 rings (SSSR count). The zero-order chi connectivity index (χ0) is 34.9. The van der Waals surface area contributed by atoms with Gasteiger partial charge in [-0.3, -0.25) is 0 Å². The standard InChI is InChI=1S/C46H32N4O2/c51-45(46(32-15-7-2-8-16-32,33-17-9-3-10-18-33)34-19-11-4-12-20-34)52-44-42-30-40-26-24-38(49-40)28-36-22-21-35(47-36)27-37-23-25-39(48-37)29-41(50-42)43(44)31-13-5-1-6-14-31/h1-30,47,49H. The second-order valence-corrected chi connectivity index (χ2v) is 12.8. The number of benzene rings is 4. The molecule has 248 valence electrons. The van der Waals surface area contributed by atoms with Gasteiger partial charge in [0.15, 0.2) is 5.76 Å². The van der Waals surface area contributed by atoms with Crippen LogP contribution in [-0.2, 0) is 14.9 Å². The number of nitrogens with zero attached hydrogens (tertiary/aromatic N) is 2. The minimum absolute atomic E-state index is 0.367. The molecular formula is C46H32N4O2. The van der Waals surface area contributed by atoms with Crippen molar-refractivity contribution < 1.29 is 9.53 Å². The van der Waals surface area contributed by atoms with Gasteiger partial charge >= 0.3 is 5.97 Å². The number of aromatic amines is 2. The number of rotatable bonds is 6. The molecule has 52 heavy (non-hydrogen) atoms. The molecule has 0 spiro atoms. The van der Waals surface area contributed by atoms with Crippen molar-refractivity contribution in [2.45, 2.75) is 5.41 Å². The fraction of sp³-hybridized carbons (Fsp3) is 0.0217. The number of hydrogen-bond acceptors (Lipinski definition) is 4. The van der Waals surface area contributed by atoms with Gasteiger partial charge in [0.1, 0.15) is 11.1 Å². The van der Waals surface area contributed by atoms with E-state index in [2.05, 4.69) is 9.97 Å². The van der Waals surface area contributed by atoms with E-state index in [0.29, 0.717) is 22.7 Å². The highest BCUT2D eigenvalue weighted by Crippen LogP contribution is 2.44. The highest BCUT2D eigenvalue weighted by atomic mass is 16.5. The Balaban J connectivity index is 1.32. The van der Waals surface area contributed by atoms with Crippen molar-refractivity contribution in [3.63, 3.8) is 0 Å². The number of esters is 1. The summed E-state index contributed by atoms with van der Waals surface area (Å²) in [6.07, 6.45) is 3.96. The molecule has 3 aromatic heterocycles. The van der Waals surface area contributed by atoms with E-state index in [4.69, 9.17) is 14.7 Å². The van der Waals surface area contributed by atoms with Crippen LogP contribution < -0.4 is 0 Å². The molecule has 2 N–H and O–H groups in total. The van der Waals surface area contributed by atoms with Gasteiger partial charge in [-0.05, 0) is 82.9 Å². The lowest BCUT2D eigenvalue weighted by Gasteiger charge is -2.33. The van der Waals surface area contributed by atoms with Crippen molar-refractivity contribution in [2.75, 3.05) is 0 Å². The van der Waals surface area contributed by atoms with Gasteiger partial charge in [-0.25, -0.2) is 14.8 Å². The molecule has 2 aliphatic rings. The largest absolute Gasteiger partial charge is 0.422 e. The van der Waals surface area contributed by atoms with Crippen molar-refractivity contribution in [1.82, 2.24) is 19.9 Å². The Morgan fingerprint density at radius 2 is 0.942 bits per heavy atom. The smallest absolute Gasteiger partial charge is 0.331 e. The third kappa shape index (κ3) is 5.62. The minimum atomic E-state index is -1.30. The van der Waals surface area contributed by atoms with Crippen LogP contribution in [0.5, 0.6) is 0 Å². The molecule has 8 bridgehead atoms. The average molecular weight is 673 g/mol. The summed E-state index contributed by atoms with van der Waals surface area (Å²) in [7, 11) is 0. The Hall–Kier alpha value is -7.05. The van der Waals surface area contributed by atoms with Gasteiger partial charge in [0, 0.05) is 22.1 Å². The molecule has 0 fully saturated rings. The predicted octanol–water partition coefficient (Wildman–Crippen LogP) is 9.98. The maximum atomic E-state index is 15.5. The molecule has 0 saturated carbocycles. The Bertz CT molecular complexity index is 2560. The van der Waals surface area contributed by atoms with Crippen LogP contribution in [0, 0.1) is 0 Å². The Labute approximate surface area is 300 Å². The first kappa shape index (κ1) is 31.0. The van der Waals surface area contributed by atoms with Gasteiger partial charge < -0.3 is 14.7 Å². The SMILES string of the molecule is O=C(OC1=C(c2ccccc2)c2cc3nc(cc4ccc(cc5ccc(cc1n2)[nH]5)[nH]4)C=C3)C(c1ccccc1)(c1ccccc1)c1ccccc1. The first-order valence-electron chi connectivity index (χ1n) is 17.2. The van der Waals surface area contributed by atoms with Crippen LogP contribution in [0.25, 0.3) is 45.6 Å². The lowest BCUT2D eigenvalue weighted by molar-refractivity contribution is -0.140. The lowest BCUT2D eigenvalue weighted by Crippen LogP contribution is -2.39. The third-order valence-electron chi connectivity index (χ3n) is 9.48. The fourth-order valence-corrected chi connectivity index (χ4v) is 7.12. The predicted molar refractivity (Wildman–Crippen MR) is 208 cm³/mol. The van der Waals surface area contributed by atoms with Crippen LogP contribution in [0.1, 0.15) is 45.0 Å². The van der Waals surface area contributed by atoms with E-state index in [9.17, 15) is 0 Å². The lowest BCUT2D eigenvalue weighted by atomic mass is 9.69. The number of fused-ring (bicyclic) bond motifs is 8. The van der Waals surface area contributed by atoms with Gasteiger partial charge in [0.2, 0.25) is 0 Å². The van der Waals surface area contributed by atoms with Crippen molar-refractivity contribution in [2.24, 2.45) is 0 Å². The van der Waals surface area contributed by atoms with Crippen molar-refractivity contribution in [3.8, 4) is 0 Å². The van der Waals surface area contributed by atoms with Crippen LogP contribution in [0.15, 0.2) is 170 Å². The summed E-state index contributed by atoms with van der Waals surface area (Å²) in [5.41, 5.74) is 9.00. The molecule has 0 unspecified atom stereocenters. The molecule has 6 heteroatoms. The number of carbonyl (C=O) groups excluding carboxylic acids is 1. The number of carbonyl (C=O) groups is 1. The maximum Gasteiger partial charge on any atom is 0.331 e. The van der Waals surface area contributed by atoms with Crippen molar-refractivity contribution >= 4 is 51.5 Å². The van der Waals surface area contributed by atoms with E-state index in [0.717, 1.165) is 55.7 Å². The van der Waals surface area contributed by atoms with Crippen LogP contribution in [0.4, 0.5) is 0 Å². The fourth-order valence-electron chi connectivity index (χ4n) is 7.12. The number of ether oxygens (including phenoxy) is 1. The first-order valence-corrected chi connectivity index (χ1v) is 17.2. The maximum absolute atomic E-state index is 15.5. The summed E-state index contributed by atoms with van der Waals surface area (Å²) < 4.78 is 6.85. The second kappa shape index (κ2) is 13.0. The minimum Gasteiger partial charge on any atom is -0.422 e. The molecule has 5 heterocycles. The molecule has 6 nitrogen and oxygen atoms in total. The number of H-pyrrole nitrogens is 2. The van der Waals surface area contributed by atoms with Gasteiger partial charge in [0.25, 0.3) is 0 Å². The number of hydrogen-bond donors (Lipinski definition) is 2. The normalized spacial score (nSPS) is 12.5. The Kier molecular flexibility index (Phi) is 7.75. The van der Waals surface area contributed by atoms with Gasteiger partial charge in [-0.2, -0.15) is 0 Å². The molecule has 7 aromatic rings.